The van der Waals surface area contributed by atoms with Crippen molar-refractivity contribution in [2.24, 2.45) is 4.99 Å². The zero-order chi connectivity index (χ0) is 7.98. The molecule has 0 amide bonds. The van der Waals surface area contributed by atoms with Gasteiger partial charge in [0.05, 0.1) is 12.9 Å². The van der Waals surface area contributed by atoms with Crippen molar-refractivity contribution in [1.29, 1.82) is 0 Å². The maximum atomic E-state index is 5.05. The second kappa shape index (κ2) is 5.03. The van der Waals surface area contributed by atoms with Crippen LogP contribution in [0.15, 0.2) is 16.8 Å². The van der Waals surface area contributed by atoms with Gasteiger partial charge in [0.15, 0.2) is 0 Å². The lowest BCUT2D eigenvalue weighted by Crippen LogP contribution is -1.90. The molecule has 0 rings (SSSR count). The molecule has 10 heavy (non-hydrogen) atoms. The summed E-state index contributed by atoms with van der Waals surface area (Å²) in [7, 11) is 3.45. The minimum absolute atomic E-state index is 0.920. The zero-order valence-electron chi connectivity index (χ0n) is 7.14. The molecule has 0 N–H and O–H groups in total. The average Bonchev–Trinajstić information content (AvgIpc) is 1.99. The molecule has 0 fully saturated rings. The number of rotatable bonds is 3. The van der Waals surface area contributed by atoms with E-state index in [-0.39, 0.29) is 0 Å². The van der Waals surface area contributed by atoms with E-state index in [1.54, 1.807) is 14.2 Å². The number of nitrogens with zero attached hydrogens (tertiary/aromatic N) is 1. The van der Waals surface area contributed by atoms with Crippen molar-refractivity contribution in [3.63, 3.8) is 0 Å². The lowest BCUT2D eigenvalue weighted by molar-refractivity contribution is 0.281. The van der Waals surface area contributed by atoms with Gasteiger partial charge < -0.3 is 4.74 Å². The van der Waals surface area contributed by atoms with Gasteiger partial charge in [0, 0.05) is 19.2 Å². The van der Waals surface area contributed by atoms with E-state index in [9.17, 15) is 0 Å². The molecule has 0 heterocycles. The largest absolute Gasteiger partial charge is 0.501 e. The smallest absolute Gasteiger partial charge is 0.0970 e. The summed E-state index contributed by atoms with van der Waals surface area (Å²) in [5.41, 5.74) is 0.999. The van der Waals surface area contributed by atoms with Crippen molar-refractivity contribution in [2.45, 2.75) is 20.3 Å². The van der Waals surface area contributed by atoms with Gasteiger partial charge >= 0.3 is 0 Å². The van der Waals surface area contributed by atoms with E-state index < -0.39 is 0 Å². The Bertz CT molecular complexity index is 141. The molecule has 0 spiro atoms. The van der Waals surface area contributed by atoms with Crippen molar-refractivity contribution in [2.75, 3.05) is 14.2 Å². The Hall–Kier alpha value is -0.790. The van der Waals surface area contributed by atoms with Gasteiger partial charge in [-0.15, -0.1) is 0 Å². The molecule has 2 heteroatoms. The van der Waals surface area contributed by atoms with Crippen molar-refractivity contribution in [3.8, 4) is 0 Å². The Labute approximate surface area is 62.6 Å². The number of ether oxygens (including phenoxy) is 1. The molecule has 2 nitrogen and oxygen atoms in total. The van der Waals surface area contributed by atoms with Crippen LogP contribution in [0.4, 0.5) is 0 Å². The molecular weight excluding hydrogens is 126 g/mol. The highest BCUT2D eigenvalue weighted by atomic mass is 16.5. The standard InChI is InChI=1S/C8H15NO/c1-5-8(10-4)6-7(2)9-3/h6H,5H2,1-4H3/b8-6+,9-7?. The van der Waals surface area contributed by atoms with Crippen LogP contribution in [0.25, 0.3) is 0 Å². The first kappa shape index (κ1) is 9.21. The van der Waals surface area contributed by atoms with Gasteiger partial charge in [-0.2, -0.15) is 0 Å². The Morgan fingerprint density at radius 1 is 1.60 bits per heavy atom. The lowest BCUT2D eigenvalue weighted by atomic mass is 10.3. The third-order valence-corrected chi connectivity index (χ3v) is 1.33. The monoisotopic (exact) mass is 141 g/mol. The van der Waals surface area contributed by atoms with Crippen molar-refractivity contribution < 1.29 is 4.74 Å². The molecule has 0 aromatic heterocycles. The van der Waals surface area contributed by atoms with E-state index in [0.717, 1.165) is 17.9 Å². The summed E-state index contributed by atoms with van der Waals surface area (Å²) in [6.45, 7) is 4.01. The summed E-state index contributed by atoms with van der Waals surface area (Å²) < 4.78 is 5.05. The first-order chi connectivity index (χ1) is 4.74. The predicted molar refractivity (Wildman–Crippen MR) is 44.4 cm³/mol. The summed E-state index contributed by atoms with van der Waals surface area (Å²) in [5, 5.41) is 0. The first-order valence-corrected chi connectivity index (χ1v) is 3.42. The fraction of sp³-hybridized carbons (Fsp3) is 0.625. The molecule has 0 unspecified atom stereocenters. The van der Waals surface area contributed by atoms with E-state index in [4.69, 9.17) is 4.74 Å². The number of aliphatic imine (C=N–C) groups is 1. The Kier molecular flexibility index (Phi) is 4.63. The van der Waals surface area contributed by atoms with Crippen molar-refractivity contribution >= 4 is 5.71 Å². The van der Waals surface area contributed by atoms with Crippen LogP contribution >= 0.6 is 0 Å². The van der Waals surface area contributed by atoms with E-state index >= 15 is 0 Å². The molecule has 0 aliphatic carbocycles. The highest BCUT2D eigenvalue weighted by molar-refractivity contribution is 5.92. The normalized spacial score (nSPS) is 13.6. The summed E-state index contributed by atoms with van der Waals surface area (Å²) >= 11 is 0. The molecule has 0 bridgehead atoms. The van der Waals surface area contributed by atoms with Gasteiger partial charge in [-0.25, -0.2) is 0 Å². The van der Waals surface area contributed by atoms with Crippen LogP contribution in [-0.4, -0.2) is 19.9 Å². The minimum atomic E-state index is 0.920. The van der Waals surface area contributed by atoms with E-state index in [1.165, 1.54) is 0 Å². The van der Waals surface area contributed by atoms with E-state index in [0.29, 0.717) is 0 Å². The second-order valence-corrected chi connectivity index (χ2v) is 2.03. The van der Waals surface area contributed by atoms with E-state index in [1.807, 2.05) is 13.0 Å². The maximum Gasteiger partial charge on any atom is 0.0970 e. The molecule has 0 atom stereocenters. The summed E-state index contributed by atoms with van der Waals surface area (Å²) in [4.78, 5) is 3.98. The van der Waals surface area contributed by atoms with Crippen LogP contribution in [0.3, 0.4) is 0 Å². The van der Waals surface area contributed by atoms with Crippen LogP contribution in [0.2, 0.25) is 0 Å². The van der Waals surface area contributed by atoms with E-state index in [2.05, 4.69) is 11.9 Å². The van der Waals surface area contributed by atoms with Crippen LogP contribution in [0, 0.1) is 0 Å². The number of hydrogen-bond donors (Lipinski definition) is 0. The summed E-state index contributed by atoms with van der Waals surface area (Å²) in [6.07, 6.45) is 2.86. The Morgan fingerprint density at radius 3 is 2.50 bits per heavy atom. The third kappa shape index (κ3) is 3.28. The number of allylic oxidation sites excluding steroid dienone is 2. The molecule has 0 aromatic rings. The molecule has 0 aliphatic rings. The van der Waals surface area contributed by atoms with Gasteiger partial charge in [-0.1, -0.05) is 6.92 Å². The number of hydrogen-bond acceptors (Lipinski definition) is 2. The van der Waals surface area contributed by atoms with Gasteiger partial charge in [0.1, 0.15) is 0 Å². The summed E-state index contributed by atoms with van der Waals surface area (Å²) in [6, 6.07) is 0. The van der Waals surface area contributed by atoms with Gasteiger partial charge in [0.25, 0.3) is 0 Å². The highest BCUT2D eigenvalue weighted by Gasteiger charge is 1.90. The summed E-state index contributed by atoms with van der Waals surface area (Å²) in [5.74, 6) is 0.975. The Balaban J connectivity index is 4.10. The van der Waals surface area contributed by atoms with Crippen molar-refractivity contribution in [1.82, 2.24) is 0 Å². The topological polar surface area (TPSA) is 21.6 Å². The maximum absolute atomic E-state index is 5.05. The van der Waals surface area contributed by atoms with Gasteiger partial charge in [-0.05, 0) is 13.0 Å². The quantitative estimate of drug-likeness (QED) is 0.435. The van der Waals surface area contributed by atoms with Crippen LogP contribution in [0.5, 0.6) is 0 Å². The minimum Gasteiger partial charge on any atom is -0.501 e. The van der Waals surface area contributed by atoms with Gasteiger partial charge in [0.2, 0.25) is 0 Å². The fourth-order valence-corrected chi connectivity index (χ4v) is 0.603. The average molecular weight is 141 g/mol. The van der Waals surface area contributed by atoms with Crippen LogP contribution in [0.1, 0.15) is 20.3 Å². The highest BCUT2D eigenvalue weighted by Crippen LogP contribution is 2.00. The zero-order valence-corrected chi connectivity index (χ0v) is 7.14. The lowest BCUT2D eigenvalue weighted by Gasteiger charge is -2.00. The number of methoxy groups -OCH3 is 1. The molecule has 0 saturated carbocycles. The molecule has 0 radical (unpaired) electrons. The molecular formula is C8H15NO. The first-order valence-electron chi connectivity index (χ1n) is 3.42. The molecule has 58 valence electrons. The molecule has 0 aromatic carbocycles. The Morgan fingerprint density at radius 2 is 2.20 bits per heavy atom. The fourth-order valence-electron chi connectivity index (χ4n) is 0.603. The van der Waals surface area contributed by atoms with Gasteiger partial charge in [-0.3, -0.25) is 4.99 Å². The third-order valence-electron chi connectivity index (χ3n) is 1.33. The molecule has 0 saturated heterocycles. The van der Waals surface area contributed by atoms with Crippen molar-refractivity contribution in [3.05, 3.63) is 11.8 Å². The van der Waals surface area contributed by atoms with Crippen LogP contribution in [-0.2, 0) is 4.74 Å². The SMILES string of the molecule is CC/C(=C\C(C)=NC)OC. The predicted octanol–water partition coefficient (Wildman–Crippen LogP) is 2.02. The second-order valence-electron chi connectivity index (χ2n) is 2.03. The van der Waals surface area contributed by atoms with Crippen LogP contribution < -0.4 is 0 Å². The molecule has 0 aliphatic heterocycles.